The summed E-state index contributed by atoms with van der Waals surface area (Å²) in [4.78, 5) is 25.2. The molecule has 4 atom stereocenters. The zero-order chi connectivity index (χ0) is 34.2. The second-order valence-electron chi connectivity index (χ2n) is 11.5. The first kappa shape index (κ1) is 37.2. The maximum absolute atomic E-state index is 13.6. The molecule has 0 spiro atoms. The van der Waals surface area contributed by atoms with Gasteiger partial charge in [-0.25, -0.2) is 13.2 Å². The molecular formula is C34H45N5O7S. The Bertz CT molecular complexity index is 1520. The van der Waals surface area contributed by atoms with E-state index in [2.05, 4.69) is 21.1 Å². The minimum atomic E-state index is -3.89. The molecule has 0 bridgehead atoms. The number of hydrogen-bond acceptors (Lipinski definition) is 10. The average Bonchev–Trinajstić information content (AvgIpc) is 3.04. The van der Waals surface area contributed by atoms with Crippen LogP contribution in [0.3, 0.4) is 0 Å². The summed E-state index contributed by atoms with van der Waals surface area (Å²) >= 11 is 0. The topological polar surface area (TPSA) is 192 Å². The number of carbonyl (C=O) groups excluding carboxylic acids is 2. The minimum Gasteiger partial charge on any atom is -0.436 e. The van der Waals surface area contributed by atoms with Crippen LogP contribution in [0.25, 0.3) is 0 Å². The molecule has 0 unspecified atom stereocenters. The van der Waals surface area contributed by atoms with E-state index < -0.39 is 45.5 Å². The number of nitrogens with zero attached hydrogens (tertiary/aromatic N) is 1. The van der Waals surface area contributed by atoms with Gasteiger partial charge in [-0.1, -0.05) is 91.8 Å². The van der Waals surface area contributed by atoms with Crippen LogP contribution in [0.5, 0.6) is 0 Å². The second-order valence-corrected chi connectivity index (χ2v) is 13.6. The summed E-state index contributed by atoms with van der Waals surface area (Å²) in [5.41, 5.74) is 7.75. The first-order valence-corrected chi connectivity index (χ1v) is 17.0. The van der Waals surface area contributed by atoms with Gasteiger partial charge >= 0.3 is 6.09 Å². The Kier molecular flexibility index (Phi) is 14.8. The quantitative estimate of drug-likeness (QED) is 0.0483. The number of rotatable bonds is 19. The largest absolute Gasteiger partial charge is 0.436 e. The van der Waals surface area contributed by atoms with Crippen molar-refractivity contribution in [1.29, 1.82) is 0 Å². The van der Waals surface area contributed by atoms with Crippen LogP contribution >= 0.6 is 0 Å². The monoisotopic (exact) mass is 667 g/mol. The Morgan fingerprint density at radius 3 is 2.15 bits per heavy atom. The lowest BCUT2D eigenvalue weighted by Gasteiger charge is -2.29. The minimum absolute atomic E-state index is 0.0621. The summed E-state index contributed by atoms with van der Waals surface area (Å²) in [6.07, 6.45) is -1.38. The number of aliphatic hydroxyl groups is 1. The van der Waals surface area contributed by atoms with Gasteiger partial charge in [0.2, 0.25) is 0 Å². The van der Waals surface area contributed by atoms with E-state index in [-0.39, 0.29) is 30.2 Å². The third kappa shape index (κ3) is 12.1. The van der Waals surface area contributed by atoms with Crippen molar-refractivity contribution < 1.29 is 33.1 Å². The van der Waals surface area contributed by atoms with E-state index in [1.54, 1.807) is 13.8 Å². The van der Waals surface area contributed by atoms with E-state index in [0.29, 0.717) is 25.1 Å². The van der Waals surface area contributed by atoms with Crippen LogP contribution in [-0.2, 0) is 32.3 Å². The Labute approximate surface area is 276 Å². The number of sulfone groups is 1. The van der Waals surface area contributed by atoms with Crippen LogP contribution in [0.4, 0.5) is 4.79 Å². The highest BCUT2D eigenvalue weighted by molar-refractivity contribution is 7.92. The van der Waals surface area contributed by atoms with Gasteiger partial charge in [0.25, 0.3) is 5.91 Å². The maximum Gasteiger partial charge on any atom is 0.405 e. The number of nitrogens with two attached hydrogens (primary N) is 1. The van der Waals surface area contributed by atoms with Crippen molar-refractivity contribution in [3.63, 3.8) is 0 Å². The molecule has 0 aliphatic heterocycles. The lowest BCUT2D eigenvalue weighted by atomic mass is 10.00. The molecule has 3 aromatic carbocycles. The number of primary amides is 1. The molecule has 13 heteroatoms. The van der Waals surface area contributed by atoms with Gasteiger partial charge in [0, 0.05) is 13.1 Å². The lowest BCUT2D eigenvalue weighted by Crippen LogP contribution is -2.54. The molecule has 47 heavy (non-hydrogen) atoms. The predicted molar refractivity (Wildman–Crippen MR) is 180 cm³/mol. The molecule has 0 aliphatic carbocycles. The molecule has 12 nitrogen and oxygen atoms in total. The van der Waals surface area contributed by atoms with E-state index in [9.17, 15) is 23.1 Å². The highest BCUT2D eigenvalue weighted by Gasteiger charge is 2.33. The zero-order valence-corrected chi connectivity index (χ0v) is 27.5. The zero-order valence-electron chi connectivity index (χ0n) is 26.7. The SMILES string of the molecule is CC(C)[C@@H](NC[C@@H](O)[C@H](Cc1ccccc1)NC(=O)[C@H](CCCNCc1ccccc1)OC(N)=O)S(=O)(=O)c1ccc(/C=N/O)cc1. The molecule has 0 saturated heterocycles. The third-order valence-corrected chi connectivity index (χ3v) is 9.83. The Morgan fingerprint density at radius 2 is 1.57 bits per heavy atom. The number of benzene rings is 3. The molecule has 0 saturated carbocycles. The van der Waals surface area contributed by atoms with Crippen molar-refractivity contribution in [2.45, 2.75) is 68.2 Å². The van der Waals surface area contributed by atoms with Crippen molar-refractivity contribution in [2.24, 2.45) is 16.8 Å². The van der Waals surface area contributed by atoms with Crippen molar-refractivity contribution in [1.82, 2.24) is 16.0 Å². The van der Waals surface area contributed by atoms with Gasteiger partial charge in [0.05, 0.1) is 23.3 Å². The standard InChI is InChI=1S/C34H45N5O7S/c1-24(2)33(47(44,45)28-17-15-27(16-18-28)22-38-43)37-23-30(40)29(20-25-10-5-3-6-11-25)39-32(41)31(46-34(35)42)14-9-19-36-21-26-12-7-4-8-13-26/h3-8,10-13,15-18,22,24,29-31,33,36-37,40,43H,9,14,19-21,23H2,1-2H3,(H2,35,42)(H,39,41)/b38-22+/t29-,30+,31-,33-/m0/s1. The molecule has 0 aromatic heterocycles. The number of aliphatic hydroxyl groups excluding tert-OH is 1. The number of nitrogens with one attached hydrogen (secondary N) is 3. The summed E-state index contributed by atoms with van der Waals surface area (Å²) in [5, 5.41) is 31.1. The Balaban J connectivity index is 1.70. The molecule has 0 aliphatic rings. The fourth-order valence-corrected chi connectivity index (χ4v) is 6.93. The van der Waals surface area contributed by atoms with Gasteiger partial charge in [-0.05, 0) is 60.5 Å². The van der Waals surface area contributed by atoms with Crippen molar-refractivity contribution in [3.05, 3.63) is 102 Å². The fraction of sp³-hybridized carbons (Fsp3) is 0.382. The molecule has 0 heterocycles. The molecule has 3 aromatic rings. The van der Waals surface area contributed by atoms with Gasteiger partial charge in [-0.2, -0.15) is 0 Å². The smallest absolute Gasteiger partial charge is 0.405 e. The molecule has 3 rings (SSSR count). The number of amides is 2. The van der Waals surface area contributed by atoms with Crippen LogP contribution < -0.4 is 21.7 Å². The van der Waals surface area contributed by atoms with Crippen LogP contribution in [0.1, 0.15) is 43.4 Å². The van der Waals surface area contributed by atoms with Gasteiger partial charge in [0.15, 0.2) is 15.9 Å². The van der Waals surface area contributed by atoms with E-state index in [0.717, 1.165) is 11.1 Å². The van der Waals surface area contributed by atoms with E-state index in [4.69, 9.17) is 15.7 Å². The van der Waals surface area contributed by atoms with E-state index >= 15 is 0 Å². The average molecular weight is 668 g/mol. The van der Waals surface area contributed by atoms with Gasteiger partial charge in [-0.3, -0.25) is 10.1 Å². The molecule has 254 valence electrons. The molecular weight excluding hydrogens is 622 g/mol. The molecule has 2 amide bonds. The summed E-state index contributed by atoms with van der Waals surface area (Å²) in [7, 11) is -3.89. The van der Waals surface area contributed by atoms with Crippen molar-refractivity contribution >= 4 is 28.1 Å². The van der Waals surface area contributed by atoms with E-state index in [1.807, 2.05) is 60.7 Å². The number of oxime groups is 1. The Morgan fingerprint density at radius 1 is 0.957 bits per heavy atom. The van der Waals surface area contributed by atoms with Gasteiger partial charge < -0.3 is 31.4 Å². The highest BCUT2D eigenvalue weighted by Crippen LogP contribution is 2.21. The second kappa shape index (κ2) is 18.7. The summed E-state index contributed by atoms with van der Waals surface area (Å²) in [6.45, 7) is 4.53. The Hall–Kier alpha value is -4.30. The molecule has 0 fully saturated rings. The normalized spacial score (nSPS) is 14.4. The van der Waals surface area contributed by atoms with Crippen molar-refractivity contribution in [3.8, 4) is 0 Å². The van der Waals surface area contributed by atoms with E-state index in [1.165, 1.54) is 30.5 Å². The number of carbonyl (C=O) groups is 2. The van der Waals surface area contributed by atoms with Crippen LogP contribution in [0, 0.1) is 5.92 Å². The number of ether oxygens (including phenoxy) is 1. The fourth-order valence-electron chi connectivity index (χ4n) is 5.09. The van der Waals surface area contributed by atoms with Crippen LogP contribution in [-0.4, -0.2) is 73.7 Å². The summed E-state index contributed by atoms with van der Waals surface area (Å²) < 4.78 is 32.3. The van der Waals surface area contributed by atoms with Crippen LogP contribution in [0.15, 0.2) is 95.0 Å². The van der Waals surface area contributed by atoms with Gasteiger partial charge in [-0.15, -0.1) is 0 Å². The van der Waals surface area contributed by atoms with Crippen LogP contribution in [0.2, 0.25) is 0 Å². The summed E-state index contributed by atoms with van der Waals surface area (Å²) in [6, 6.07) is 24.1. The predicted octanol–water partition coefficient (Wildman–Crippen LogP) is 2.96. The number of hydrogen-bond donors (Lipinski definition) is 6. The molecule has 7 N–H and O–H groups in total. The lowest BCUT2D eigenvalue weighted by molar-refractivity contribution is -0.131. The highest BCUT2D eigenvalue weighted by atomic mass is 32.2. The molecule has 0 radical (unpaired) electrons. The first-order chi connectivity index (χ1) is 22.5. The third-order valence-electron chi connectivity index (χ3n) is 7.52. The first-order valence-electron chi connectivity index (χ1n) is 15.5. The van der Waals surface area contributed by atoms with Gasteiger partial charge in [0.1, 0.15) is 5.37 Å². The maximum atomic E-state index is 13.6. The summed E-state index contributed by atoms with van der Waals surface area (Å²) in [5.74, 6) is -0.997. The van der Waals surface area contributed by atoms with Crippen molar-refractivity contribution in [2.75, 3.05) is 13.1 Å².